The van der Waals surface area contributed by atoms with Gasteiger partial charge in [0, 0.05) is 0 Å². The average Bonchev–Trinajstić information content (AvgIpc) is 2.21. The topological polar surface area (TPSA) is 33.0 Å². The number of ether oxygens (including phenoxy) is 1. The van der Waals surface area contributed by atoms with E-state index in [1.165, 1.54) is 0 Å². The molecule has 0 fully saturated rings. The highest BCUT2D eigenvalue weighted by atomic mass is 16.5. The van der Waals surface area contributed by atoms with Crippen LogP contribution in [0, 0.1) is 11.3 Å². The summed E-state index contributed by atoms with van der Waals surface area (Å²) in [6, 6.07) is 9.85. The average molecular weight is 187 g/mol. The molecule has 0 bridgehead atoms. The molecule has 0 aliphatic heterocycles. The van der Waals surface area contributed by atoms with E-state index in [0.717, 1.165) is 11.3 Å². The summed E-state index contributed by atoms with van der Waals surface area (Å²) in [5.74, 6) is 0.880. The second-order valence-corrected chi connectivity index (χ2v) is 2.77. The van der Waals surface area contributed by atoms with Crippen LogP contribution in [0.1, 0.15) is 18.9 Å². The quantitative estimate of drug-likeness (QED) is 0.725. The molecule has 0 amide bonds. The van der Waals surface area contributed by atoms with Crippen LogP contribution in [0.25, 0.3) is 6.08 Å². The lowest BCUT2D eigenvalue weighted by Crippen LogP contribution is -1.90. The van der Waals surface area contributed by atoms with Gasteiger partial charge in [-0.15, -0.1) is 0 Å². The zero-order valence-electron chi connectivity index (χ0n) is 8.23. The molecule has 1 aromatic carbocycles. The number of benzene rings is 1. The van der Waals surface area contributed by atoms with Crippen molar-refractivity contribution in [2.45, 2.75) is 13.3 Å². The molecule has 0 aromatic heterocycles. The maximum absolute atomic E-state index is 8.34. The van der Waals surface area contributed by atoms with Crippen molar-refractivity contribution in [3.05, 3.63) is 35.9 Å². The van der Waals surface area contributed by atoms with E-state index in [9.17, 15) is 0 Å². The van der Waals surface area contributed by atoms with Gasteiger partial charge in [-0.2, -0.15) is 5.26 Å². The first-order valence-corrected chi connectivity index (χ1v) is 4.63. The molecule has 1 aromatic rings. The molecule has 0 heterocycles. The third kappa shape index (κ3) is 3.32. The molecule has 14 heavy (non-hydrogen) atoms. The summed E-state index contributed by atoms with van der Waals surface area (Å²) in [5, 5.41) is 8.34. The maximum Gasteiger partial charge on any atom is 0.119 e. The number of hydrogen-bond donors (Lipinski definition) is 0. The molecule has 2 nitrogen and oxygen atoms in total. The smallest absolute Gasteiger partial charge is 0.119 e. The molecule has 0 unspecified atom stereocenters. The summed E-state index contributed by atoms with van der Waals surface area (Å²) in [5.41, 5.74) is 1.09. The number of nitriles is 1. The summed E-state index contributed by atoms with van der Waals surface area (Å²) in [4.78, 5) is 0. The van der Waals surface area contributed by atoms with Gasteiger partial charge in [0.1, 0.15) is 5.75 Å². The second kappa shape index (κ2) is 5.82. The molecule has 0 spiro atoms. The molecule has 0 aliphatic carbocycles. The first-order chi connectivity index (χ1) is 6.86. The van der Waals surface area contributed by atoms with Crippen LogP contribution in [0.5, 0.6) is 5.75 Å². The van der Waals surface area contributed by atoms with Crippen molar-refractivity contribution in [2.24, 2.45) is 0 Å². The largest absolute Gasteiger partial charge is 0.494 e. The molecule has 0 N–H and O–H groups in total. The molecule has 2 heteroatoms. The van der Waals surface area contributed by atoms with Crippen LogP contribution in [0.2, 0.25) is 0 Å². The van der Waals surface area contributed by atoms with E-state index in [2.05, 4.69) is 6.07 Å². The third-order valence-electron chi connectivity index (χ3n) is 1.71. The van der Waals surface area contributed by atoms with Crippen molar-refractivity contribution in [3.63, 3.8) is 0 Å². The molecular formula is C12H13NO. The summed E-state index contributed by atoms with van der Waals surface area (Å²) >= 11 is 0. The standard InChI is InChI=1S/C12H13NO/c1-2-14-12-8-6-11(7-9-12)5-3-4-10-13/h3,5-9H,2,4H2,1H3. The van der Waals surface area contributed by atoms with E-state index >= 15 is 0 Å². The van der Waals surface area contributed by atoms with E-state index in [-0.39, 0.29) is 0 Å². The van der Waals surface area contributed by atoms with E-state index in [4.69, 9.17) is 10.00 Å². The van der Waals surface area contributed by atoms with Crippen LogP contribution in [-0.4, -0.2) is 6.61 Å². The zero-order chi connectivity index (χ0) is 10.2. The lowest BCUT2D eigenvalue weighted by atomic mass is 10.2. The third-order valence-corrected chi connectivity index (χ3v) is 1.71. The SMILES string of the molecule is CCOc1ccc(C=CCC#N)cc1. The number of hydrogen-bond acceptors (Lipinski definition) is 2. The van der Waals surface area contributed by atoms with Crippen molar-refractivity contribution in [1.29, 1.82) is 5.26 Å². The molecule has 0 aliphatic rings. The lowest BCUT2D eigenvalue weighted by molar-refractivity contribution is 0.340. The molecule has 72 valence electrons. The van der Waals surface area contributed by atoms with Gasteiger partial charge in [-0.25, -0.2) is 0 Å². The predicted molar refractivity (Wildman–Crippen MR) is 56.9 cm³/mol. The van der Waals surface area contributed by atoms with Crippen LogP contribution in [0.3, 0.4) is 0 Å². The Labute approximate surface area is 84.4 Å². The normalized spacial score (nSPS) is 10.0. The second-order valence-electron chi connectivity index (χ2n) is 2.77. The van der Waals surface area contributed by atoms with Crippen molar-refractivity contribution >= 4 is 6.08 Å². The van der Waals surface area contributed by atoms with Gasteiger partial charge in [0.05, 0.1) is 19.1 Å². The summed E-state index contributed by atoms with van der Waals surface area (Å²) in [6.07, 6.45) is 4.22. The van der Waals surface area contributed by atoms with E-state index < -0.39 is 0 Å². The molecule has 1 rings (SSSR count). The Hall–Kier alpha value is -1.75. The van der Waals surface area contributed by atoms with E-state index in [1.807, 2.05) is 43.3 Å². The van der Waals surface area contributed by atoms with Gasteiger partial charge in [0.15, 0.2) is 0 Å². The molecule has 0 saturated carbocycles. The molecule has 0 radical (unpaired) electrons. The van der Waals surface area contributed by atoms with Crippen molar-refractivity contribution in [2.75, 3.05) is 6.61 Å². The highest BCUT2D eigenvalue weighted by molar-refractivity contribution is 5.50. The van der Waals surface area contributed by atoms with Gasteiger partial charge in [0.25, 0.3) is 0 Å². The van der Waals surface area contributed by atoms with Crippen LogP contribution in [0.15, 0.2) is 30.3 Å². The van der Waals surface area contributed by atoms with Crippen LogP contribution in [-0.2, 0) is 0 Å². The minimum absolute atomic E-state index is 0.452. The van der Waals surface area contributed by atoms with Crippen molar-refractivity contribution in [1.82, 2.24) is 0 Å². The van der Waals surface area contributed by atoms with Crippen LogP contribution < -0.4 is 4.74 Å². The Balaban J connectivity index is 2.60. The summed E-state index contributed by atoms with van der Waals surface area (Å²) in [6.45, 7) is 2.64. The maximum atomic E-state index is 8.34. The highest BCUT2D eigenvalue weighted by Crippen LogP contribution is 2.12. The highest BCUT2D eigenvalue weighted by Gasteiger charge is 1.90. The van der Waals surface area contributed by atoms with Crippen LogP contribution >= 0.6 is 0 Å². The summed E-state index contributed by atoms with van der Waals surface area (Å²) in [7, 11) is 0. The summed E-state index contributed by atoms with van der Waals surface area (Å²) < 4.78 is 5.31. The van der Waals surface area contributed by atoms with Gasteiger partial charge < -0.3 is 4.74 Å². The Bertz CT molecular complexity index is 332. The van der Waals surface area contributed by atoms with Crippen molar-refractivity contribution in [3.8, 4) is 11.8 Å². The van der Waals surface area contributed by atoms with E-state index in [0.29, 0.717) is 13.0 Å². The Morgan fingerprint density at radius 2 is 2.07 bits per heavy atom. The fraction of sp³-hybridized carbons (Fsp3) is 0.250. The fourth-order valence-corrected chi connectivity index (χ4v) is 1.09. The molecular weight excluding hydrogens is 174 g/mol. The Morgan fingerprint density at radius 1 is 1.36 bits per heavy atom. The van der Waals surface area contributed by atoms with Gasteiger partial charge in [-0.05, 0) is 24.6 Å². The zero-order valence-corrected chi connectivity index (χ0v) is 8.23. The predicted octanol–water partition coefficient (Wildman–Crippen LogP) is 3.01. The van der Waals surface area contributed by atoms with Crippen molar-refractivity contribution < 1.29 is 4.74 Å². The number of rotatable bonds is 4. The van der Waals surface area contributed by atoms with Gasteiger partial charge in [-0.1, -0.05) is 24.3 Å². The Morgan fingerprint density at radius 3 is 2.64 bits per heavy atom. The lowest BCUT2D eigenvalue weighted by Gasteiger charge is -2.01. The fourth-order valence-electron chi connectivity index (χ4n) is 1.09. The Kier molecular flexibility index (Phi) is 4.30. The number of nitrogens with zero attached hydrogens (tertiary/aromatic N) is 1. The van der Waals surface area contributed by atoms with Gasteiger partial charge in [-0.3, -0.25) is 0 Å². The molecule has 0 saturated heterocycles. The minimum Gasteiger partial charge on any atom is -0.494 e. The van der Waals surface area contributed by atoms with Gasteiger partial charge in [0.2, 0.25) is 0 Å². The van der Waals surface area contributed by atoms with E-state index in [1.54, 1.807) is 0 Å². The first-order valence-electron chi connectivity index (χ1n) is 4.63. The number of allylic oxidation sites excluding steroid dienone is 1. The van der Waals surface area contributed by atoms with Gasteiger partial charge >= 0.3 is 0 Å². The molecule has 0 atom stereocenters. The first kappa shape index (κ1) is 10.3. The minimum atomic E-state index is 0.452. The monoisotopic (exact) mass is 187 g/mol. The van der Waals surface area contributed by atoms with Crippen LogP contribution in [0.4, 0.5) is 0 Å².